The average Bonchev–Trinajstić information content (AvgIpc) is 2.67. The Morgan fingerprint density at radius 1 is 1.27 bits per heavy atom. The van der Waals surface area contributed by atoms with Crippen molar-refractivity contribution in [3.63, 3.8) is 0 Å². The maximum absolute atomic E-state index is 12.5. The number of hydrogen-bond acceptors (Lipinski definition) is 5. The maximum Gasteiger partial charge on any atom is 0.255 e. The largest absolute Gasteiger partial charge is 0.381 e. The number of piperidine rings is 1. The number of hydrogen-bond donors (Lipinski definition) is 2. The molecular formula is C18H25ClN4O3. The van der Waals surface area contributed by atoms with Gasteiger partial charge in [-0.15, -0.1) is 0 Å². The van der Waals surface area contributed by atoms with E-state index >= 15 is 0 Å². The first-order chi connectivity index (χ1) is 12.5. The van der Waals surface area contributed by atoms with Gasteiger partial charge in [-0.05, 0) is 38.2 Å². The second kappa shape index (κ2) is 8.22. The van der Waals surface area contributed by atoms with Crippen molar-refractivity contribution in [3.05, 3.63) is 22.8 Å². The molecule has 2 aliphatic rings. The number of ether oxygens (including phenoxy) is 1. The van der Waals surface area contributed by atoms with E-state index in [9.17, 15) is 9.59 Å². The Morgan fingerprint density at radius 3 is 2.58 bits per heavy atom. The van der Waals surface area contributed by atoms with Gasteiger partial charge in [0.2, 0.25) is 5.91 Å². The number of nitrogens with one attached hydrogen (secondary N) is 1. The molecule has 26 heavy (non-hydrogen) atoms. The Hall–Kier alpha value is -1.86. The van der Waals surface area contributed by atoms with Gasteiger partial charge in [0.05, 0.1) is 16.0 Å². The topological polar surface area (TPSA) is 97.6 Å². The van der Waals surface area contributed by atoms with Gasteiger partial charge in [-0.3, -0.25) is 9.59 Å². The van der Waals surface area contributed by atoms with Crippen LogP contribution < -0.4 is 11.1 Å². The number of amides is 2. The van der Waals surface area contributed by atoms with E-state index in [0.717, 1.165) is 32.4 Å². The third-order valence-electron chi connectivity index (χ3n) is 5.30. The molecule has 0 saturated carbocycles. The van der Waals surface area contributed by atoms with Gasteiger partial charge in [0, 0.05) is 39.0 Å². The SMILES string of the molecule is NC(=O)C1(CNc2ncc(C(=O)N3CCCCC3)cc2Cl)CCOCC1. The van der Waals surface area contributed by atoms with Crippen molar-refractivity contribution >= 4 is 29.2 Å². The Bertz CT molecular complexity index is 670. The molecule has 3 N–H and O–H groups in total. The van der Waals surface area contributed by atoms with Crippen LogP contribution in [0.25, 0.3) is 0 Å². The number of nitrogens with two attached hydrogens (primary N) is 1. The molecule has 7 nitrogen and oxygen atoms in total. The van der Waals surface area contributed by atoms with Gasteiger partial charge in [0.1, 0.15) is 5.82 Å². The number of likely N-dealkylation sites (tertiary alicyclic amines) is 1. The Morgan fingerprint density at radius 2 is 1.96 bits per heavy atom. The highest BCUT2D eigenvalue weighted by molar-refractivity contribution is 6.33. The second-order valence-electron chi connectivity index (χ2n) is 7.02. The third kappa shape index (κ3) is 4.10. The van der Waals surface area contributed by atoms with Crippen molar-refractivity contribution in [2.24, 2.45) is 11.1 Å². The summed E-state index contributed by atoms with van der Waals surface area (Å²) in [5, 5.41) is 3.49. The van der Waals surface area contributed by atoms with E-state index in [4.69, 9.17) is 22.1 Å². The minimum atomic E-state index is -0.661. The molecule has 0 bridgehead atoms. The van der Waals surface area contributed by atoms with Crippen molar-refractivity contribution in [1.82, 2.24) is 9.88 Å². The van der Waals surface area contributed by atoms with Gasteiger partial charge in [-0.1, -0.05) is 11.6 Å². The van der Waals surface area contributed by atoms with Crippen LogP contribution in [0.5, 0.6) is 0 Å². The lowest BCUT2D eigenvalue weighted by Crippen LogP contribution is -2.46. The van der Waals surface area contributed by atoms with Crippen LogP contribution in [0.15, 0.2) is 12.3 Å². The third-order valence-corrected chi connectivity index (χ3v) is 5.59. The average molecular weight is 381 g/mol. The number of nitrogens with zero attached hydrogens (tertiary/aromatic N) is 2. The quantitative estimate of drug-likeness (QED) is 0.814. The maximum atomic E-state index is 12.5. The lowest BCUT2D eigenvalue weighted by atomic mass is 9.79. The fourth-order valence-electron chi connectivity index (χ4n) is 3.49. The zero-order valence-corrected chi connectivity index (χ0v) is 15.6. The van der Waals surface area contributed by atoms with E-state index in [1.54, 1.807) is 6.07 Å². The van der Waals surface area contributed by atoms with E-state index in [2.05, 4.69) is 10.3 Å². The van der Waals surface area contributed by atoms with Crippen molar-refractivity contribution in [3.8, 4) is 0 Å². The summed E-state index contributed by atoms with van der Waals surface area (Å²) in [4.78, 5) is 30.6. The van der Waals surface area contributed by atoms with Crippen LogP contribution in [0.3, 0.4) is 0 Å². The second-order valence-corrected chi connectivity index (χ2v) is 7.42. The van der Waals surface area contributed by atoms with Gasteiger partial charge in [-0.2, -0.15) is 0 Å². The summed E-state index contributed by atoms with van der Waals surface area (Å²) in [6, 6.07) is 1.63. The summed E-state index contributed by atoms with van der Waals surface area (Å²) in [5.74, 6) is 0.0685. The van der Waals surface area contributed by atoms with Crippen LogP contribution in [0.4, 0.5) is 5.82 Å². The number of aromatic nitrogens is 1. The number of anilines is 1. The van der Waals surface area contributed by atoms with Crippen molar-refractivity contribution in [1.29, 1.82) is 0 Å². The monoisotopic (exact) mass is 380 g/mol. The first-order valence-corrected chi connectivity index (χ1v) is 9.46. The highest BCUT2D eigenvalue weighted by Crippen LogP contribution is 2.31. The van der Waals surface area contributed by atoms with Crippen molar-refractivity contribution in [2.45, 2.75) is 32.1 Å². The smallest absolute Gasteiger partial charge is 0.255 e. The standard InChI is InChI=1S/C18H25ClN4O3/c19-14-10-13(16(24)23-6-2-1-3-7-23)11-21-15(14)22-12-18(17(20)25)4-8-26-9-5-18/h10-11H,1-9,12H2,(H2,20,25)(H,21,22). The van der Waals surface area contributed by atoms with Crippen LogP contribution in [-0.4, -0.2) is 54.5 Å². The number of carbonyl (C=O) groups excluding carboxylic acids is 2. The molecule has 0 atom stereocenters. The van der Waals surface area contributed by atoms with Crippen LogP contribution in [-0.2, 0) is 9.53 Å². The van der Waals surface area contributed by atoms with Crippen LogP contribution in [0, 0.1) is 5.41 Å². The first kappa shape index (κ1) is 18.9. The summed E-state index contributed by atoms with van der Waals surface area (Å²) in [6.07, 6.45) is 5.90. The highest BCUT2D eigenvalue weighted by atomic mass is 35.5. The van der Waals surface area contributed by atoms with E-state index in [0.29, 0.717) is 49.0 Å². The van der Waals surface area contributed by atoms with Gasteiger partial charge in [0.25, 0.3) is 5.91 Å². The zero-order chi connectivity index (χ0) is 18.6. The molecule has 1 aromatic rings. The van der Waals surface area contributed by atoms with Gasteiger partial charge < -0.3 is 20.7 Å². The lowest BCUT2D eigenvalue weighted by Gasteiger charge is -2.34. The molecule has 0 spiro atoms. The van der Waals surface area contributed by atoms with Crippen LogP contribution in [0.1, 0.15) is 42.5 Å². The van der Waals surface area contributed by atoms with Crippen LogP contribution in [0.2, 0.25) is 5.02 Å². The summed E-state index contributed by atoms with van der Waals surface area (Å²) < 4.78 is 5.33. The minimum Gasteiger partial charge on any atom is -0.381 e. The zero-order valence-electron chi connectivity index (χ0n) is 14.8. The Kier molecular flexibility index (Phi) is 5.98. The summed E-state index contributed by atoms with van der Waals surface area (Å²) in [7, 11) is 0. The van der Waals surface area contributed by atoms with E-state index < -0.39 is 5.41 Å². The number of primary amides is 1. The molecule has 1 aromatic heterocycles. The van der Waals surface area contributed by atoms with Crippen molar-refractivity contribution in [2.75, 3.05) is 38.2 Å². The molecule has 2 aliphatic heterocycles. The molecule has 0 radical (unpaired) electrons. The van der Waals surface area contributed by atoms with E-state index in [1.165, 1.54) is 6.20 Å². The summed E-state index contributed by atoms with van der Waals surface area (Å²) >= 11 is 6.32. The molecule has 3 rings (SSSR count). The molecule has 2 amide bonds. The fraction of sp³-hybridized carbons (Fsp3) is 0.611. The molecular weight excluding hydrogens is 356 g/mol. The lowest BCUT2D eigenvalue weighted by molar-refractivity contribution is -0.132. The van der Waals surface area contributed by atoms with Crippen molar-refractivity contribution < 1.29 is 14.3 Å². The normalized spacial score (nSPS) is 19.8. The number of halogens is 1. The van der Waals surface area contributed by atoms with Gasteiger partial charge >= 0.3 is 0 Å². The molecule has 3 heterocycles. The summed E-state index contributed by atoms with van der Waals surface area (Å²) in [6.45, 7) is 2.92. The summed E-state index contributed by atoms with van der Waals surface area (Å²) in [5.41, 5.74) is 5.44. The molecule has 2 fully saturated rings. The fourth-order valence-corrected chi connectivity index (χ4v) is 3.72. The van der Waals surface area contributed by atoms with Gasteiger partial charge in [-0.25, -0.2) is 4.98 Å². The molecule has 0 unspecified atom stereocenters. The number of carbonyl (C=O) groups is 2. The predicted octanol–water partition coefficient (Wildman–Crippen LogP) is 2.06. The molecule has 0 aromatic carbocycles. The molecule has 0 aliphatic carbocycles. The van der Waals surface area contributed by atoms with Gasteiger partial charge in [0.15, 0.2) is 0 Å². The van der Waals surface area contributed by atoms with E-state index in [-0.39, 0.29) is 11.8 Å². The number of rotatable bonds is 5. The Balaban J connectivity index is 1.67. The molecule has 2 saturated heterocycles. The number of pyridine rings is 1. The van der Waals surface area contributed by atoms with Crippen LogP contribution >= 0.6 is 11.6 Å². The molecule has 8 heteroatoms. The van der Waals surface area contributed by atoms with E-state index in [1.807, 2.05) is 4.90 Å². The Labute approximate surface area is 158 Å². The molecule has 142 valence electrons. The highest BCUT2D eigenvalue weighted by Gasteiger charge is 2.38. The minimum absolute atomic E-state index is 0.0383. The first-order valence-electron chi connectivity index (χ1n) is 9.08. The predicted molar refractivity (Wildman–Crippen MR) is 99.2 cm³/mol.